The Bertz CT molecular complexity index is 404. The Labute approximate surface area is 111 Å². The van der Waals surface area contributed by atoms with Crippen LogP contribution in [0.2, 0.25) is 0 Å². The van der Waals surface area contributed by atoms with Crippen molar-refractivity contribution >= 4 is 27.5 Å². The summed E-state index contributed by atoms with van der Waals surface area (Å²) in [6.45, 7) is 7.78. The van der Waals surface area contributed by atoms with Crippen molar-refractivity contribution in [3.63, 3.8) is 0 Å². The number of aryl methyl sites for hydroxylation is 1. The van der Waals surface area contributed by atoms with E-state index in [0.717, 1.165) is 10.2 Å². The molecule has 1 aromatic carbocycles. The molecule has 0 aliphatic heterocycles. The van der Waals surface area contributed by atoms with E-state index in [1.807, 2.05) is 45.9 Å². The molecule has 0 aliphatic carbocycles. The minimum absolute atomic E-state index is 0.00692. The van der Waals surface area contributed by atoms with Gasteiger partial charge in [0.05, 0.1) is 0 Å². The summed E-state index contributed by atoms with van der Waals surface area (Å²) in [5.74, 6) is 0.00692. The zero-order chi connectivity index (χ0) is 13.0. The van der Waals surface area contributed by atoms with Gasteiger partial charge in [0.2, 0.25) is 5.91 Å². The van der Waals surface area contributed by atoms with Gasteiger partial charge in [0, 0.05) is 16.2 Å². The fourth-order valence-electron chi connectivity index (χ4n) is 1.45. The molecule has 0 saturated carbocycles. The standard InChI is InChI=1S/C13H19BrN2O/c1-8(2)15-13(17)10(4)16-12-6-5-9(3)7-11(12)14/h5-8,10,16H,1-4H3,(H,15,17). The number of nitrogens with one attached hydrogen (secondary N) is 2. The van der Waals surface area contributed by atoms with Crippen LogP contribution in [-0.2, 0) is 4.79 Å². The van der Waals surface area contributed by atoms with Crippen molar-refractivity contribution in [1.82, 2.24) is 5.32 Å². The van der Waals surface area contributed by atoms with E-state index in [9.17, 15) is 4.79 Å². The van der Waals surface area contributed by atoms with E-state index in [2.05, 4.69) is 26.6 Å². The molecular weight excluding hydrogens is 280 g/mol. The van der Waals surface area contributed by atoms with Gasteiger partial charge in [0.25, 0.3) is 0 Å². The number of carbonyl (C=O) groups is 1. The molecule has 3 nitrogen and oxygen atoms in total. The second-order valence-corrected chi connectivity index (χ2v) is 5.37. The van der Waals surface area contributed by atoms with Crippen LogP contribution in [0, 0.1) is 6.92 Å². The number of rotatable bonds is 4. The lowest BCUT2D eigenvalue weighted by atomic mass is 10.2. The summed E-state index contributed by atoms with van der Waals surface area (Å²) in [5.41, 5.74) is 2.11. The molecule has 0 bridgehead atoms. The SMILES string of the molecule is Cc1ccc(NC(C)C(=O)NC(C)C)c(Br)c1. The van der Waals surface area contributed by atoms with Gasteiger partial charge >= 0.3 is 0 Å². The Morgan fingerprint density at radius 2 is 1.94 bits per heavy atom. The van der Waals surface area contributed by atoms with Crippen molar-refractivity contribution in [3.05, 3.63) is 28.2 Å². The second kappa shape index (κ2) is 6.05. The van der Waals surface area contributed by atoms with Crippen molar-refractivity contribution in [3.8, 4) is 0 Å². The molecule has 0 aliphatic rings. The fourth-order valence-corrected chi connectivity index (χ4v) is 2.05. The molecule has 1 atom stereocenters. The molecule has 0 radical (unpaired) electrons. The Morgan fingerprint density at radius 3 is 2.47 bits per heavy atom. The van der Waals surface area contributed by atoms with E-state index >= 15 is 0 Å². The van der Waals surface area contributed by atoms with Crippen LogP contribution in [0.1, 0.15) is 26.3 Å². The van der Waals surface area contributed by atoms with Crippen LogP contribution in [0.25, 0.3) is 0 Å². The lowest BCUT2D eigenvalue weighted by Crippen LogP contribution is -2.41. The highest BCUT2D eigenvalue weighted by atomic mass is 79.9. The lowest BCUT2D eigenvalue weighted by Gasteiger charge is -2.18. The highest BCUT2D eigenvalue weighted by Crippen LogP contribution is 2.23. The number of halogens is 1. The summed E-state index contributed by atoms with van der Waals surface area (Å²) in [6.07, 6.45) is 0. The molecule has 1 rings (SSSR count). The number of hydrogen-bond donors (Lipinski definition) is 2. The third-order valence-electron chi connectivity index (χ3n) is 2.32. The molecule has 0 fully saturated rings. The summed E-state index contributed by atoms with van der Waals surface area (Å²) in [6, 6.07) is 5.92. The van der Waals surface area contributed by atoms with Crippen molar-refractivity contribution in [1.29, 1.82) is 0 Å². The Morgan fingerprint density at radius 1 is 1.29 bits per heavy atom. The third kappa shape index (κ3) is 4.38. The van der Waals surface area contributed by atoms with Gasteiger partial charge in [-0.05, 0) is 61.3 Å². The average Bonchev–Trinajstić information content (AvgIpc) is 2.21. The van der Waals surface area contributed by atoms with Gasteiger partial charge in [0.15, 0.2) is 0 Å². The Balaban J connectivity index is 2.67. The average molecular weight is 299 g/mol. The van der Waals surface area contributed by atoms with Crippen LogP contribution in [0.15, 0.2) is 22.7 Å². The maximum Gasteiger partial charge on any atom is 0.242 e. The Kier molecular flexibility index (Phi) is 5.00. The first-order valence-electron chi connectivity index (χ1n) is 5.73. The highest BCUT2D eigenvalue weighted by Gasteiger charge is 2.14. The maximum atomic E-state index is 11.7. The summed E-state index contributed by atoms with van der Waals surface area (Å²) in [5, 5.41) is 6.06. The van der Waals surface area contributed by atoms with Gasteiger partial charge in [-0.1, -0.05) is 6.07 Å². The smallest absolute Gasteiger partial charge is 0.242 e. The largest absolute Gasteiger partial charge is 0.373 e. The van der Waals surface area contributed by atoms with E-state index in [1.54, 1.807) is 0 Å². The number of hydrogen-bond acceptors (Lipinski definition) is 2. The van der Waals surface area contributed by atoms with E-state index in [-0.39, 0.29) is 18.0 Å². The van der Waals surface area contributed by atoms with E-state index < -0.39 is 0 Å². The molecule has 0 saturated heterocycles. The van der Waals surface area contributed by atoms with Gasteiger partial charge in [-0.15, -0.1) is 0 Å². The minimum Gasteiger partial charge on any atom is -0.373 e. The second-order valence-electron chi connectivity index (χ2n) is 4.51. The monoisotopic (exact) mass is 298 g/mol. The molecular formula is C13H19BrN2O. The van der Waals surface area contributed by atoms with Gasteiger partial charge < -0.3 is 10.6 Å². The highest BCUT2D eigenvalue weighted by molar-refractivity contribution is 9.10. The normalized spacial score (nSPS) is 12.4. The first kappa shape index (κ1) is 14.0. The lowest BCUT2D eigenvalue weighted by molar-refractivity contribution is -0.122. The van der Waals surface area contributed by atoms with Crippen molar-refractivity contribution in [2.75, 3.05) is 5.32 Å². The fraction of sp³-hybridized carbons (Fsp3) is 0.462. The molecule has 1 unspecified atom stereocenters. The molecule has 0 aromatic heterocycles. The van der Waals surface area contributed by atoms with Crippen molar-refractivity contribution in [2.45, 2.75) is 39.8 Å². The predicted octanol–water partition coefficient (Wildman–Crippen LogP) is 3.08. The molecule has 17 heavy (non-hydrogen) atoms. The Hall–Kier alpha value is -1.03. The van der Waals surface area contributed by atoms with Crippen LogP contribution < -0.4 is 10.6 Å². The molecule has 0 spiro atoms. The molecule has 1 aromatic rings. The summed E-state index contributed by atoms with van der Waals surface area (Å²) >= 11 is 3.48. The van der Waals surface area contributed by atoms with Gasteiger partial charge in [0.1, 0.15) is 6.04 Å². The zero-order valence-corrected chi connectivity index (χ0v) is 12.3. The summed E-state index contributed by atoms with van der Waals surface area (Å²) in [4.78, 5) is 11.7. The molecule has 0 heterocycles. The zero-order valence-electron chi connectivity index (χ0n) is 10.7. The minimum atomic E-state index is -0.253. The van der Waals surface area contributed by atoms with E-state index in [4.69, 9.17) is 0 Å². The van der Waals surface area contributed by atoms with Crippen LogP contribution in [0.5, 0.6) is 0 Å². The quantitative estimate of drug-likeness (QED) is 0.897. The van der Waals surface area contributed by atoms with Crippen LogP contribution in [0.3, 0.4) is 0 Å². The first-order valence-corrected chi connectivity index (χ1v) is 6.52. The number of benzene rings is 1. The molecule has 2 N–H and O–H groups in total. The van der Waals surface area contributed by atoms with Crippen molar-refractivity contribution < 1.29 is 4.79 Å². The summed E-state index contributed by atoms with van der Waals surface area (Å²) in [7, 11) is 0. The first-order chi connectivity index (χ1) is 7.90. The molecule has 1 amide bonds. The van der Waals surface area contributed by atoms with Crippen molar-refractivity contribution in [2.24, 2.45) is 0 Å². The summed E-state index contributed by atoms with van der Waals surface area (Å²) < 4.78 is 0.974. The topological polar surface area (TPSA) is 41.1 Å². The molecule has 4 heteroatoms. The third-order valence-corrected chi connectivity index (χ3v) is 2.98. The van der Waals surface area contributed by atoms with Gasteiger partial charge in [-0.3, -0.25) is 4.79 Å². The van der Waals surface area contributed by atoms with Gasteiger partial charge in [-0.25, -0.2) is 0 Å². The van der Waals surface area contributed by atoms with Crippen LogP contribution >= 0.6 is 15.9 Å². The number of anilines is 1. The van der Waals surface area contributed by atoms with Gasteiger partial charge in [-0.2, -0.15) is 0 Å². The molecule has 94 valence electrons. The predicted molar refractivity (Wildman–Crippen MR) is 75.2 cm³/mol. The van der Waals surface area contributed by atoms with E-state index in [1.165, 1.54) is 5.56 Å². The maximum absolute atomic E-state index is 11.7. The van der Waals surface area contributed by atoms with Crippen LogP contribution in [-0.4, -0.2) is 18.0 Å². The number of carbonyl (C=O) groups excluding carboxylic acids is 1. The van der Waals surface area contributed by atoms with Crippen LogP contribution in [0.4, 0.5) is 5.69 Å². The van der Waals surface area contributed by atoms with E-state index in [0.29, 0.717) is 0 Å². The number of amides is 1.